The van der Waals surface area contributed by atoms with E-state index < -0.39 is 0 Å². The average Bonchev–Trinajstić information content (AvgIpc) is 2.07. The minimum Gasteiger partial charge on any atom is -0.504 e. The van der Waals surface area contributed by atoms with Gasteiger partial charge in [0.05, 0.1) is 0 Å². The molecule has 0 aliphatic carbocycles. The molecule has 0 amide bonds. The number of benzene rings is 1. The SMILES string of the molecule is CC(=O)COc1ccc(O)c(O)c1. The van der Waals surface area contributed by atoms with E-state index in [2.05, 4.69) is 0 Å². The number of phenolic OH excluding ortho intramolecular Hbond substituents is 2. The van der Waals surface area contributed by atoms with Gasteiger partial charge in [0.1, 0.15) is 12.4 Å². The molecule has 4 heteroatoms. The van der Waals surface area contributed by atoms with Crippen molar-refractivity contribution in [3.63, 3.8) is 0 Å². The molecule has 0 spiro atoms. The molecule has 0 atom stereocenters. The maximum absolute atomic E-state index is 10.5. The van der Waals surface area contributed by atoms with E-state index in [0.717, 1.165) is 0 Å². The summed E-state index contributed by atoms with van der Waals surface area (Å²) in [6.07, 6.45) is 0. The summed E-state index contributed by atoms with van der Waals surface area (Å²) >= 11 is 0. The first-order valence-corrected chi connectivity index (χ1v) is 3.74. The van der Waals surface area contributed by atoms with Crippen LogP contribution in [0.2, 0.25) is 0 Å². The largest absolute Gasteiger partial charge is 0.504 e. The lowest BCUT2D eigenvalue weighted by atomic mass is 10.3. The van der Waals surface area contributed by atoms with Gasteiger partial charge in [-0.3, -0.25) is 4.79 Å². The molecule has 0 saturated carbocycles. The molecular formula is C9H10O4. The Morgan fingerprint density at radius 1 is 1.38 bits per heavy atom. The molecule has 1 aromatic rings. The van der Waals surface area contributed by atoms with E-state index in [1.54, 1.807) is 0 Å². The van der Waals surface area contributed by atoms with Crippen molar-refractivity contribution in [2.45, 2.75) is 6.92 Å². The Morgan fingerprint density at radius 2 is 2.08 bits per heavy atom. The highest BCUT2D eigenvalue weighted by atomic mass is 16.5. The zero-order chi connectivity index (χ0) is 9.84. The summed E-state index contributed by atoms with van der Waals surface area (Å²) in [5, 5.41) is 18.0. The Bertz CT molecular complexity index is 319. The van der Waals surface area contributed by atoms with Crippen LogP contribution in [0, 0.1) is 0 Å². The normalized spacial score (nSPS) is 9.62. The Balaban J connectivity index is 2.68. The van der Waals surface area contributed by atoms with Crippen LogP contribution in [0.15, 0.2) is 18.2 Å². The van der Waals surface area contributed by atoms with Crippen LogP contribution >= 0.6 is 0 Å². The van der Waals surface area contributed by atoms with Crippen LogP contribution in [0.1, 0.15) is 6.92 Å². The molecule has 0 radical (unpaired) electrons. The standard InChI is InChI=1S/C9H10O4/c1-6(10)5-13-7-2-3-8(11)9(12)4-7/h2-4,11-12H,5H2,1H3. The van der Waals surface area contributed by atoms with E-state index >= 15 is 0 Å². The third-order valence-corrected chi connectivity index (χ3v) is 1.39. The number of phenols is 2. The first kappa shape index (κ1) is 9.38. The summed E-state index contributed by atoms with van der Waals surface area (Å²) in [6, 6.07) is 4.01. The molecule has 13 heavy (non-hydrogen) atoms. The molecule has 0 heterocycles. The second-order valence-electron chi connectivity index (χ2n) is 2.64. The summed E-state index contributed by atoms with van der Waals surface area (Å²) in [7, 11) is 0. The molecule has 1 aromatic carbocycles. The Hall–Kier alpha value is -1.71. The quantitative estimate of drug-likeness (QED) is 0.686. The topological polar surface area (TPSA) is 66.8 Å². The van der Waals surface area contributed by atoms with Gasteiger partial charge in [-0.25, -0.2) is 0 Å². The van der Waals surface area contributed by atoms with Gasteiger partial charge in [0.25, 0.3) is 0 Å². The van der Waals surface area contributed by atoms with Crippen molar-refractivity contribution in [2.24, 2.45) is 0 Å². The van der Waals surface area contributed by atoms with Crippen LogP contribution in [0.5, 0.6) is 17.2 Å². The zero-order valence-electron chi connectivity index (χ0n) is 7.15. The maximum atomic E-state index is 10.5. The molecule has 0 bridgehead atoms. The first-order valence-electron chi connectivity index (χ1n) is 3.74. The van der Waals surface area contributed by atoms with Crippen LogP contribution in [-0.2, 0) is 4.79 Å². The third-order valence-electron chi connectivity index (χ3n) is 1.39. The van der Waals surface area contributed by atoms with Crippen LogP contribution in [0.25, 0.3) is 0 Å². The van der Waals surface area contributed by atoms with E-state index in [1.165, 1.54) is 25.1 Å². The van der Waals surface area contributed by atoms with Crippen molar-refractivity contribution >= 4 is 5.78 Å². The summed E-state index contributed by atoms with van der Waals surface area (Å²) in [6.45, 7) is 1.37. The molecular weight excluding hydrogens is 172 g/mol. The second kappa shape index (κ2) is 3.80. The minimum atomic E-state index is -0.263. The summed E-state index contributed by atoms with van der Waals surface area (Å²) in [5.74, 6) is -0.228. The molecule has 0 saturated heterocycles. The van der Waals surface area contributed by atoms with Crippen LogP contribution in [0.3, 0.4) is 0 Å². The molecule has 0 aromatic heterocycles. The molecule has 0 aliphatic heterocycles. The van der Waals surface area contributed by atoms with Gasteiger partial charge in [0.15, 0.2) is 17.3 Å². The molecule has 4 nitrogen and oxygen atoms in total. The summed E-state index contributed by atoms with van der Waals surface area (Å²) < 4.78 is 4.98. The molecule has 1 rings (SSSR count). The van der Waals surface area contributed by atoms with E-state index in [9.17, 15) is 4.79 Å². The number of ether oxygens (including phenoxy) is 1. The predicted molar refractivity (Wildman–Crippen MR) is 45.9 cm³/mol. The van der Waals surface area contributed by atoms with Crippen LogP contribution in [0.4, 0.5) is 0 Å². The lowest BCUT2D eigenvalue weighted by molar-refractivity contribution is -0.118. The van der Waals surface area contributed by atoms with Crippen molar-refractivity contribution in [2.75, 3.05) is 6.61 Å². The number of carbonyl (C=O) groups is 1. The van der Waals surface area contributed by atoms with Gasteiger partial charge < -0.3 is 14.9 Å². The van der Waals surface area contributed by atoms with Crippen molar-refractivity contribution in [1.29, 1.82) is 0 Å². The van der Waals surface area contributed by atoms with Gasteiger partial charge >= 0.3 is 0 Å². The van der Waals surface area contributed by atoms with Gasteiger partial charge in [-0.15, -0.1) is 0 Å². The summed E-state index contributed by atoms with van der Waals surface area (Å²) in [4.78, 5) is 10.5. The minimum absolute atomic E-state index is 0.0375. The van der Waals surface area contributed by atoms with Crippen LogP contribution < -0.4 is 4.74 Å². The van der Waals surface area contributed by atoms with E-state index in [-0.39, 0.29) is 23.9 Å². The van der Waals surface area contributed by atoms with E-state index in [1.807, 2.05) is 0 Å². The number of hydrogen-bond donors (Lipinski definition) is 2. The molecule has 0 unspecified atom stereocenters. The highest BCUT2D eigenvalue weighted by Crippen LogP contribution is 2.28. The number of rotatable bonds is 3. The van der Waals surface area contributed by atoms with Crippen molar-refractivity contribution in [3.05, 3.63) is 18.2 Å². The van der Waals surface area contributed by atoms with Crippen molar-refractivity contribution in [1.82, 2.24) is 0 Å². The first-order chi connectivity index (χ1) is 6.09. The highest BCUT2D eigenvalue weighted by molar-refractivity contribution is 5.77. The van der Waals surface area contributed by atoms with Crippen LogP contribution in [-0.4, -0.2) is 22.6 Å². The van der Waals surface area contributed by atoms with Gasteiger partial charge in [0, 0.05) is 6.07 Å². The third kappa shape index (κ3) is 2.66. The van der Waals surface area contributed by atoms with E-state index in [4.69, 9.17) is 14.9 Å². The highest BCUT2D eigenvalue weighted by Gasteiger charge is 2.01. The lowest BCUT2D eigenvalue weighted by Gasteiger charge is -2.04. The fourth-order valence-electron chi connectivity index (χ4n) is 0.778. The predicted octanol–water partition coefficient (Wildman–Crippen LogP) is 1.07. The van der Waals surface area contributed by atoms with Gasteiger partial charge in [-0.2, -0.15) is 0 Å². The molecule has 70 valence electrons. The number of hydrogen-bond acceptors (Lipinski definition) is 4. The fraction of sp³-hybridized carbons (Fsp3) is 0.222. The van der Waals surface area contributed by atoms with Crippen molar-refractivity contribution < 1.29 is 19.7 Å². The molecule has 2 N–H and O–H groups in total. The summed E-state index contributed by atoms with van der Waals surface area (Å²) in [5.41, 5.74) is 0. The molecule has 0 fully saturated rings. The molecule has 0 aliphatic rings. The van der Waals surface area contributed by atoms with E-state index in [0.29, 0.717) is 5.75 Å². The van der Waals surface area contributed by atoms with Gasteiger partial charge in [-0.05, 0) is 19.1 Å². The Kier molecular flexibility index (Phi) is 2.74. The Labute approximate surface area is 75.4 Å². The van der Waals surface area contributed by atoms with Gasteiger partial charge in [0.2, 0.25) is 0 Å². The zero-order valence-corrected chi connectivity index (χ0v) is 7.15. The lowest BCUT2D eigenvalue weighted by Crippen LogP contribution is -2.06. The smallest absolute Gasteiger partial charge is 0.167 e. The number of Topliss-reactive ketones (excluding diaryl/α,β-unsaturated/α-hetero) is 1. The maximum Gasteiger partial charge on any atom is 0.167 e. The number of aromatic hydroxyl groups is 2. The fourth-order valence-corrected chi connectivity index (χ4v) is 0.778. The average molecular weight is 182 g/mol. The van der Waals surface area contributed by atoms with Crippen molar-refractivity contribution in [3.8, 4) is 17.2 Å². The number of carbonyl (C=O) groups excluding carboxylic acids is 1. The Morgan fingerprint density at radius 3 is 2.62 bits per heavy atom. The van der Waals surface area contributed by atoms with Gasteiger partial charge in [-0.1, -0.05) is 0 Å². The second-order valence-corrected chi connectivity index (χ2v) is 2.64. The monoisotopic (exact) mass is 182 g/mol. The number of ketones is 1.